The number of para-hydroxylation sites is 1. The summed E-state index contributed by atoms with van der Waals surface area (Å²) in [5.74, 6) is 1.05. The average molecular weight is 287 g/mol. The normalized spacial score (nSPS) is 27.1. The molecular weight excluding hydrogens is 262 g/mol. The Morgan fingerprint density at radius 1 is 1.19 bits per heavy atom. The molecule has 114 valence electrons. The molecule has 0 bridgehead atoms. The number of benzene rings is 1. The molecule has 1 spiro atoms. The van der Waals surface area contributed by atoms with Crippen LogP contribution in [0.5, 0.6) is 5.75 Å². The van der Waals surface area contributed by atoms with Crippen molar-refractivity contribution in [3.8, 4) is 5.75 Å². The van der Waals surface area contributed by atoms with Gasteiger partial charge in [-0.25, -0.2) is 0 Å². The molecule has 3 nitrogen and oxygen atoms in total. The molecule has 0 amide bonds. The van der Waals surface area contributed by atoms with Crippen LogP contribution >= 0.6 is 0 Å². The van der Waals surface area contributed by atoms with Gasteiger partial charge in [0.2, 0.25) is 0 Å². The molecule has 1 saturated heterocycles. The van der Waals surface area contributed by atoms with Gasteiger partial charge in [-0.05, 0) is 37.3 Å². The van der Waals surface area contributed by atoms with Gasteiger partial charge in [-0.3, -0.25) is 0 Å². The molecule has 1 saturated carbocycles. The largest absolute Gasteiger partial charge is 0.488 e. The molecular formula is C18H25NO2. The number of hydrogen-bond donors (Lipinski definition) is 1. The highest BCUT2D eigenvalue weighted by Gasteiger charge is 2.40. The van der Waals surface area contributed by atoms with E-state index in [0.717, 1.165) is 38.2 Å². The summed E-state index contributed by atoms with van der Waals surface area (Å²) in [6.45, 7) is 1.91. The maximum atomic E-state index is 6.40. The van der Waals surface area contributed by atoms with E-state index < -0.39 is 0 Å². The molecule has 1 aromatic rings. The minimum atomic E-state index is 0.130. The van der Waals surface area contributed by atoms with Gasteiger partial charge < -0.3 is 14.8 Å². The lowest BCUT2D eigenvalue weighted by Gasteiger charge is -2.38. The van der Waals surface area contributed by atoms with Gasteiger partial charge in [-0.15, -0.1) is 0 Å². The van der Waals surface area contributed by atoms with Crippen molar-refractivity contribution >= 4 is 5.69 Å². The molecule has 1 N–H and O–H groups in total. The zero-order valence-corrected chi connectivity index (χ0v) is 12.7. The fourth-order valence-corrected chi connectivity index (χ4v) is 4.21. The Morgan fingerprint density at radius 3 is 3.00 bits per heavy atom. The Bertz CT molecular complexity index is 508. The first-order chi connectivity index (χ1) is 10.3. The number of hydrogen-bond acceptors (Lipinski definition) is 3. The highest BCUT2D eigenvalue weighted by Crippen LogP contribution is 2.42. The Labute approximate surface area is 127 Å². The van der Waals surface area contributed by atoms with Crippen molar-refractivity contribution in [3.05, 3.63) is 23.8 Å². The van der Waals surface area contributed by atoms with Crippen molar-refractivity contribution in [2.45, 2.75) is 63.1 Å². The average Bonchev–Trinajstić information content (AvgIpc) is 2.95. The van der Waals surface area contributed by atoms with Crippen LogP contribution in [0.1, 0.15) is 50.5 Å². The minimum absolute atomic E-state index is 0.130. The molecule has 3 heteroatoms. The Balaban J connectivity index is 1.51. The van der Waals surface area contributed by atoms with E-state index in [4.69, 9.17) is 9.47 Å². The molecule has 0 radical (unpaired) electrons. The van der Waals surface area contributed by atoms with Crippen LogP contribution < -0.4 is 10.1 Å². The Morgan fingerprint density at radius 2 is 2.10 bits per heavy atom. The summed E-state index contributed by atoms with van der Waals surface area (Å²) >= 11 is 0. The summed E-state index contributed by atoms with van der Waals surface area (Å²) in [6.07, 6.45) is 9.85. The van der Waals surface area contributed by atoms with Gasteiger partial charge in [0.25, 0.3) is 0 Å². The highest BCUT2D eigenvalue weighted by molar-refractivity contribution is 5.63. The second-order valence-electron chi connectivity index (χ2n) is 6.79. The third kappa shape index (κ3) is 2.64. The van der Waals surface area contributed by atoms with Crippen molar-refractivity contribution in [2.75, 3.05) is 18.5 Å². The lowest BCUT2D eigenvalue weighted by atomic mass is 9.90. The molecule has 21 heavy (non-hydrogen) atoms. The third-order valence-corrected chi connectivity index (χ3v) is 5.29. The van der Waals surface area contributed by atoms with Gasteiger partial charge in [0.15, 0.2) is 0 Å². The van der Waals surface area contributed by atoms with Crippen LogP contribution in [0.2, 0.25) is 0 Å². The van der Waals surface area contributed by atoms with Gasteiger partial charge >= 0.3 is 0 Å². The predicted molar refractivity (Wildman–Crippen MR) is 84.1 cm³/mol. The topological polar surface area (TPSA) is 30.5 Å². The lowest BCUT2D eigenvalue weighted by molar-refractivity contribution is -0.108. The third-order valence-electron chi connectivity index (χ3n) is 5.29. The predicted octanol–water partition coefficient (Wildman–Crippen LogP) is 3.92. The standard InChI is InChI=1S/C18H25NO2/c1-2-10-18(9-1)13-15(8-12-20-18)21-16-7-3-5-14-6-4-11-19-17(14)16/h3,5,7,15,19H,1-2,4,6,8-13H2. The first kappa shape index (κ1) is 13.4. The molecule has 4 rings (SSSR count). The van der Waals surface area contributed by atoms with E-state index in [0.29, 0.717) is 6.10 Å². The van der Waals surface area contributed by atoms with E-state index in [9.17, 15) is 0 Å². The zero-order valence-electron chi connectivity index (χ0n) is 12.7. The van der Waals surface area contributed by atoms with Gasteiger partial charge in [0.05, 0.1) is 17.9 Å². The Kier molecular flexibility index (Phi) is 3.54. The SMILES string of the molecule is c1cc2c(c(OC3CCOC4(CCCC4)C3)c1)NCCC2. The summed E-state index contributed by atoms with van der Waals surface area (Å²) in [7, 11) is 0. The van der Waals surface area contributed by atoms with Crippen LogP contribution in [0.3, 0.4) is 0 Å². The van der Waals surface area contributed by atoms with Gasteiger partial charge in [0, 0.05) is 19.4 Å². The maximum Gasteiger partial charge on any atom is 0.143 e. The molecule has 1 aliphatic carbocycles. The van der Waals surface area contributed by atoms with E-state index in [1.54, 1.807) is 0 Å². The van der Waals surface area contributed by atoms with Crippen molar-refractivity contribution in [1.82, 2.24) is 0 Å². The fourth-order valence-electron chi connectivity index (χ4n) is 4.21. The van der Waals surface area contributed by atoms with Crippen molar-refractivity contribution in [1.29, 1.82) is 0 Å². The number of aryl methyl sites for hydroxylation is 1. The van der Waals surface area contributed by atoms with Crippen molar-refractivity contribution in [3.63, 3.8) is 0 Å². The van der Waals surface area contributed by atoms with Crippen molar-refractivity contribution < 1.29 is 9.47 Å². The van der Waals surface area contributed by atoms with Crippen molar-refractivity contribution in [2.24, 2.45) is 0 Å². The molecule has 3 aliphatic rings. The number of fused-ring (bicyclic) bond motifs is 1. The summed E-state index contributed by atoms with van der Waals surface area (Å²) in [5.41, 5.74) is 2.77. The lowest BCUT2D eigenvalue weighted by Crippen LogP contribution is -2.41. The van der Waals surface area contributed by atoms with Crippen LogP contribution in [0.25, 0.3) is 0 Å². The van der Waals surface area contributed by atoms with Crippen LogP contribution in [-0.4, -0.2) is 24.9 Å². The van der Waals surface area contributed by atoms with Gasteiger partial charge in [-0.2, -0.15) is 0 Å². The Hall–Kier alpha value is -1.22. The van der Waals surface area contributed by atoms with Crippen LogP contribution in [0.4, 0.5) is 5.69 Å². The van der Waals surface area contributed by atoms with E-state index >= 15 is 0 Å². The molecule has 2 heterocycles. The first-order valence-corrected chi connectivity index (χ1v) is 8.51. The maximum absolute atomic E-state index is 6.40. The van der Waals surface area contributed by atoms with E-state index in [1.807, 2.05) is 0 Å². The summed E-state index contributed by atoms with van der Waals surface area (Å²) in [6, 6.07) is 6.47. The molecule has 2 aliphatic heterocycles. The van der Waals surface area contributed by atoms with E-state index in [1.165, 1.54) is 43.4 Å². The molecule has 2 fully saturated rings. The molecule has 1 atom stereocenters. The summed E-state index contributed by atoms with van der Waals surface area (Å²) < 4.78 is 12.5. The molecule has 1 unspecified atom stereocenters. The number of nitrogens with one attached hydrogen (secondary N) is 1. The van der Waals surface area contributed by atoms with Crippen LogP contribution in [-0.2, 0) is 11.2 Å². The van der Waals surface area contributed by atoms with Gasteiger partial charge in [-0.1, -0.05) is 25.0 Å². The van der Waals surface area contributed by atoms with Crippen LogP contribution in [0.15, 0.2) is 18.2 Å². The quantitative estimate of drug-likeness (QED) is 0.894. The number of rotatable bonds is 2. The number of ether oxygens (including phenoxy) is 2. The second kappa shape index (κ2) is 5.53. The first-order valence-electron chi connectivity index (χ1n) is 8.51. The smallest absolute Gasteiger partial charge is 0.143 e. The summed E-state index contributed by atoms with van der Waals surface area (Å²) in [4.78, 5) is 0. The van der Waals surface area contributed by atoms with Crippen LogP contribution in [0, 0.1) is 0 Å². The molecule has 0 aromatic heterocycles. The summed E-state index contributed by atoms with van der Waals surface area (Å²) in [5, 5.41) is 3.53. The number of anilines is 1. The van der Waals surface area contributed by atoms with Gasteiger partial charge in [0.1, 0.15) is 11.9 Å². The monoisotopic (exact) mass is 287 g/mol. The van der Waals surface area contributed by atoms with E-state index in [-0.39, 0.29) is 5.60 Å². The highest BCUT2D eigenvalue weighted by atomic mass is 16.5. The zero-order chi connectivity index (χ0) is 14.1. The minimum Gasteiger partial charge on any atom is -0.488 e. The fraction of sp³-hybridized carbons (Fsp3) is 0.667. The second-order valence-corrected chi connectivity index (χ2v) is 6.79. The van der Waals surface area contributed by atoms with E-state index in [2.05, 4.69) is 23.5 Å². The molecule has 1 aromatic carbocycles.